The number of hydrogen-bond acceptors (Lipinski definition) is 5. The van der Waals surface area contributed by atoms with Crippen molar-refractivity contribution in [3.63, 3.8) is 0 Å². The van der Waals surface area contributed by atoms with Crippen LogP contribution in [0.4, 0.5) is 5.69 Å². The second kappa shape index (κ2) is 11.0. The number of rotatable bonds is 9. The zero-order valence-electron chi connectivity index (χ0n) is 17.7. The van der Waals surface area contributed by atoms with Crippen LogP contribution in [0.2, 0.25) is 0 Å². The molecule has 0 aliphatic heterocycles. The Hall–Kier alpha value is -3.35. The van der Waals surface area contributed by atoms with E-state index in [4.69, 9.17) is 9.47 Å². The Bertz CT molecular complexity index is 860. The molecule has 2 rings (SSSR count). The highest BCUT2D eigenvalue weighted by Crippen LogP contribution is 2.17. The maximum atomic E-state index is 12.2. The van der Waals surface area contributed by atoms with Crippen LogP contribution in [0.3, 0.4) is 0 Å². The molecule has 0 bridgehead atoms. The molecule has 160 valence electrons. The summed E-state index contributed by atoms with van der Waals surface area (Å²) in [6, 6.07) is 14.0. The molecule has 0 radical (unpaired) electrons. The Labute approximate surface area is 176 Å². The second-order valence-corrected chi connectivity index (χ2v) is 7.04. The zero-order chi connectivity index (χ0) is 22.1. The summed E-state index contributed by atoms with van der Waals surface area (Å²) >= 11 is 0. The van der Waals surface area contributed by atoms with Gasteiger partial charge in [-0.05, 0) is 61.7 Å². The number of anilines is 1. The van der Waals surface area contributed by atoms with Gasteiger partial charge in [0.05, 0.1) is 6.61 Å². The summed E-state index contributed by atoms with van der Waals surface area (Å²) in [5, 5.41) is 5.18. The molecular formula is C23H28N2O5. The second-order valence-electron chi connectivity index (χ2n) is 7.04. The van der Waals surface area contributed by atoms with E-state index in [-0.39, 0.29) is 6.54 Å². The molecule has 2 N–H and O–H groups in total. The van der Waals surface area contributed by atoms with Crippen molar-refractivity contribution < 1.29 is 23.9 Å². The SMILES string of the molecule is CCOc1ccc(C(=O)NCC(=O)O[C@H](C)C(=O)Nc2ccc(C(C)C)cc2)cc1. The molecule has 0 aromatic heterocycles. The van der Waals surface area contributed by atoms with Gasteiger partial charge >= 0.3 is 5.97 Å². The highest BCUT2D eigenvalue weighted by atomic mass is 16.5. The zero-order valence-corrected chi connectivity index (χ0v) is 17.7. The van der Waals surface area contributed by atoms with E-state index in [1.807, 2.05) is 19.1 Å². The molecule has 7 heteroatoms. The number of amides is 2. The van der Waals surface area contributed by atoms with E-state index in [2.05, 4.69) is 24.5 Å². The largest absolute Gasteiger partial charge is 0.494 e. The van der Waals surface area contributed by atoms with Crippen LogP contribution < -0.4 is 15.4 Å². The fourth-order valence-corrected chi connectivity index (χ4v) is 2.61. The van der Waals surface area contributed by atoms with Crippen LogP contribution >= 0.6 is 0 Å². The average Bonchev–Trinajstić information content (AvgIpc) is 2.73. The highest BCUT2D eigenvalue weighted by molar-refractivity contribution is 5.97. The fourth-order valence-electron chi connectivity index (χ4n) is 2.61. The third-order valence-corrected chi connectivity index (χ3v) is 4.34. The Balaban J connectivity index is 1.78. The summed E-state index contributed by atoms with van der Waals surface area (Å²) in [4.78, 5) is 36.3. The molecule has 2 amide bonds. The van der Waals surface area contributed by atoms with Crippen LogP contribution in [0.5, 0.6) is 5.75 Å². The minimum absolute atomic E-state index is 0.341. The molecule has 2 aromatic rings. The normalized spacial score (nSPS) is 11.5. The van der Waals surface area contributed by atoms with Crippen molar-refractivity contribution in [1.29, 1.82) is 0 Å². The van der Waals surface area contributed by atoms with Gasteiger partial charge in [-0.2, -0.15) is 0 Å². The molecule has 0 heterocycles. The number of benzene rings is 2. The van der Waals surface area contributed by atoms with Gasteiger partial charge in [-0.3, -0.25) is 14.4 Å². The lowest BCUT2D eigenvalue weighted by Crippen LogP contribution is -2.35. The first kappa shape index (κ1) is 22.9. The van der Waals surface area contributed by atoms with E-state index in [1.54, 1.807) is 36.4 Å². The molecule has 0 aliphatic rings. The number of hydrogen-bond donors (Lipinski definition) is 2. The molecule has 0 unspecified atom stereocenters. The quantitative estimate of drug-likeness (QED) is 0.615. The van der Waals surface area contributed by atoms with Gasteiger partial charge < -0.3 is 20.1 Å². The first-order chi connectivity index (χ1) is 14.3. The van der Waals surface area contributed by atoms with Gasteiger partial charge in [0, 0.05) is 11.3 Å². The first-order valence-corrected chi connectivity index (χ1v) is 9.91. The molecule has 1 atom stereocenters. The molecule has 30 heavy (non-hydrogen) atoms. The Morgan fingerprint density at radius 3 is 2.13 bits per heavy atom. The number of carbonyl (C=O) groups excluding carboxylic acids is 3. The van der Waals surface area contributed by atoms with Crippen molar-refractivity contribution >= 4 is 23.5 Å². The number of ether oxygens (including phenoxy) is 2. The van der Waals surface area contributed by atoms with Gasteiger partial charge in [-0.25, -0.2) is 0 Å². The average molecular weight is 412 g/mol. The van der Waals surface area contributed by atoms with Crippen LogP contribution in [-0.4, -0.2) is 37.0 Å². The third kappa shape index (κ3) is 6.92. The summed E-state index contributed by atoms with van der Waals surface area (Å²) in [7, 11) is 0. The topological polar surface area (TPSA) is 93.7 Å². The standard InChI is InChI=1S/C23H28N2O5/c1-5-29-20-12-8-18(9-13-20)23(28)24-14-21(26)30-16(4)22(27)25-19-10-6-17(7-11-19)15(2)3/h6-13,15-16H,5,14H2,1-4H3,(H,24,28)(H,25,27)/t16-/m1/s1. The van der Waals surface area contributed by atoms with Gasteiger partial charge in [0.2, 0.25) is 0 Å². The highest BCUT2D eigenvalue weighted by Gasteiger charge is 2.18. The third-order valence-electron chi connectivity index (χ3n) is 4.34. The van der Waals surface area contributed by atoms with Crippen LogP contribution in [0.15, 0.2) is 48.5 Å². The van der Waals surface area contributed by atoms with Crippen LogP contribution in [0, 0.1) is 0 Å². The number of nitrogens with one attached hydrogen (secondary N) is 2. The Morgan fingerprint density at radius 2 is 1.57 bits per heavy atom. The maximum Gasteiger partial charge on any atom is 0.326 e. The van der Waals surface area contributed by atoms with E-state index >= 15 is 0 Å². The van der Waals surface area contributed by atoms with Gasteiger partial charge in [-0.1, -0.05) is 26.0 Å². The Morgan fingerprint density at radius 1 is 0.933 bits per heavy atom. The van der Waals surface area contributed by atoms with Crippen molar-refractivity contribution in [2.75, 3.05) is 18.5 Å². The van der Waals surface area contributed by atoms with Crippen molar-refractivity contribution in [2.24, 2.45) is 0 Å². The van der Waals surface area contributed by atoms with Crippen LogP contribution in [0.25, 0.3) is 0 Å². The molecule has 0 spiro atoms. The van der Waals surface area contributed by atoms with E-state index in [0.717, 1.165) is 5.56 Å². The van der Waals surface area contributed by atoms with Crippen molar-refractivity contribution in [3.05, 3.63) is 59.7 Å². The van der Waals surface area contributed by atoms with Gasteiger partial charge in [0.1, 0.15) is 12.3 Å². The molecule has 0 aliphatic carbocycles. The minimum Gasteiger partial charge on any atom is -0.494 e. The molecule has 0 saturated carbocycles. The van der Waals surface area contributed by atoms with Gasteiger partial charge in [0.25, 0.3) is 11.8 Å². The Kier molecular flexibility index (Phi) is 8.41. The predicted molar refractivity (Wildman–Crippen MR) is 115 cm³/mol. The smallest absolute Gasteiger partial charge is 0.326 e. The van der Waals surface area contributed by atoms with E-state index < -0.39 is 23.9 Å². The number of carbonyl (C=O) groups is 3. The summed E-state index contributed by atoms with van der Waals surface area (Å²) < 4.78 is 10.4. The van der Waals surface area contributed by atoms with E-state index in [0.29, 0.717) is 29.5 Å². The summed E-state index contributed by atoms with van der Waals surface area (Å²) in [5.41, 5.74) is 2.17. The lowest BCUT2D eigenvalue weighted by Gasteiger charge is -2.14. The monoisotopic (exact) mass is 412 g/mol. The van der Waals surface area contributed by atoms with Crippen molar-refractivity contribution in [2.45, 2.75) is 39.7 Å². The fraction of sp³-hybridized carbons (Fsp3) is 0.348. The molecule has 0 saturated heterocycles. The van der Waals surface area contributed by atoms with Crippen LogP contribution in [-0.2, 0) is 14.3 Å². The van der Waals surface area contributed by atoms with E-state index in [1.165, 1.54) is 6.92 Å². The number of esters is 1. The summed E-state index contributed by atoms with van der Waals surface area (Å²) in [5.74, 6) is -0.512. The lowest BCUT2D eigenvalue weighted by atomic mass is 10.0. The van der Waals surface area contributed by atoms with Gasteiger partial charge in [0.15, 0.2) is 6.10 Å². The van der Waals surface area contributed by atoms with Gasteiger partial charge in [-0.15, -0.1) is 0 Å². The molecular weight excluding hydrogens is 384 g/mol. The van der Waals surface area contributed by atoms with Crippen molar-refractivity contribution in [1.82, 2.24) is 5.32 Å². The molecule has 2 aromatic carbocycles. The summed E-state index contributed by atoms with van der Waals surface area (Å²) in [6.45, 7) is 7.71. The van der Waals surface area contributed by atoms with E-state index in [9.17, 15) is 14.4 Å². The van der Waals surface area contributed by atoms with Crippen LogP contribution in [0.1, 0.15) is 49.5 Å². The summed E-state index contributed by atoms with van der Waals surface area (Å²) in [6.07, 6.45) is -0.996. The minimum atomic E-state index is -0.996. The lowest BCUT2D eigenvalue weighted by molar-refractivity contribution is -0.152. The molecule has 7 nitrogen and oxygen atoms in total. The van der Waals surface area contributed by atoms with Crippen molar-refractivity contribution in [3.8, 4) is 5.75 Å². The molecule has 0 fully saturated rings. The predicted octanol–water partition coefficient (Wildman–Crippen LogP) is 3.51. The maximum absolute atomic E-state index is 12.2. The first-order valence-electron chi connectivity index (χ1n) is 9.91.